The third-order valence-corrected chi connectivity index (χ3v) is 3.68. The number of nitrogens with zero attached hydrogens (tertiary/aromatic N) is 2. The zero-order chi connectivity index (χ0) is 13.8. The smallest absolute Gasteiger partial charge is 0.326 e. The molecular formula is C12H21N3O4. The minimum Gasteiger partial charge on any atom is -0.480 e. The number of rotatable bonds is 3. The number of likely N-dealkylation sites (tertiary alicyclic amines) is 1. The molecule has 0 unspecified atom stereocenters. The van der Waals surface area contributed by atoms with Crippen LogP contribution in [0.2, 0.25) is 0 Å². The fraction of sp³-hybridized carbons (Fsp3) is 0.833. The van der Waals surface area contributed by atoms with E-state index in [9.17, 15) is 14.7 Å². The van der Waals surface area contributed by atoms with Gasteiger partial charge in [0.2, 0.25) is 5.91 Å². The van der Waals surface area contributed by atoms with E-state index >= 15 is 0 Å². The first-order chi connectivity index (χ1) is 9.08. The zero-order valence-electron chi connectivity index (χ0n) is 10.9. The van der Waals surface area contributed by atoms with Crippen LogP contribution in [0.5, 0.6) is 0 Å². The molecule has 2 heterocycles. The molecule has 7 heteroatoms. The van der Waals surface area contributed by atoms with Crippen LogP contribution in [0.4, 0.5) is 0 Å². The predicted octanol–water partition coefficient (Wildman–Crippen LogP) is -1.67. The third-order valence-electron chi connectivity index (χ3n) is 3.68. The number of aliphatic hydroxyl groups is 1. The highest BCUT2D eigenvalue weighted by Crippen LogP contribution is 2.18. The molecule has 0 saturated carbocycles. The number of carbonyl (C=O) groups is 2. The van der Waals surface area contributed by atoms with Crippen LogP contribution in [0.1, 0.15) is 12.8 Å². The van der Waals surface area contributed by atoms with Gasteiger partial charge in [0.05, 0.1) is 12.6 Å². The Balaban J connectivity index is 1.92. The number of carboxylic acids is 1. The molecule has 2 atom stereocenters. The third kappa shape index (κ3) is 3.65. The van der Waals surface area contributed by atoms with Crippen LogP contribution in [0.3, 0.4) is 0 Å². The maximum atomic E-state index is 12.2. The van der Waals surface area contributed by atoms with Gasteiger partial charge in [-0.15, -0.1) is 0 Å². The zero-order valence-corrected chi connectivity index (χ0v) is 10.9. The largest absolute Gasteiger partial charge is 0.480 e. The molecule has 3 N–H and O–H groups in total. The molecule has 0 bridgehead atoms. The normalized spacial score (nSPS) is 29.2. The van der Waals surface area contributed by atoms with E-state index in [1.54, 1.807) is 0 Å². The molecule has 2 fully saturated rings. The number of aliphatic hydroxyl groups excluding tert-OH is 1. The fourth-order valence-corrected chi connectivity index (χ4v) is 2.67. The van der Waals surface area contributed by atoms with Gasteiger partial charge in [0, 0.05) is 26.1 Å². The van der Waals surface area contributed by atoms with Crippen molar-refractivity contribution in [3.8, 4) is 0 Å². The maximum absolute atomic E-state index is 12.2. The van der Waals surface area contributed by atoms with Crippen molar-refractivity contribution < 1.29 is 19.8 Å². The Morgan fingerprint density at radius 2 is 2.05 bits per heavy atom. The highest BCUT2D eigenvalue weighted by molar-refractivity contribution is 5.85. The van der Waals surface area contributed by atoms with E-state index in [0.29, 0.717) is 0 Å². The first kappa shape index (κ1) is 14.2. The Morgan fingerprint density at radius 1 is 1.26 bits per heavy atom. The summed E-state index contributed by atoms with van der Waals surface area (Å²) >= 11 is 0. The summed E-state index contributed by atoms with van der Waals surface area (Å²) in [7, 11) is 0. The van der Waals surface area contributed by atoms with E-state index in [1.165, 1.54) is 4.90 Å². The van der Waals surface area contributed by atoms with E-state index in [0.717, 1.165) is 32.6 Å². The molecule has 7 nitrogen and oxygen atoms in total. The lowest BCUT2D eigenvalue weighted by atomic mass is 10.2. The van der Waals surface area contributed by atoms with Gasteiger partial charge in [-0.3, -0.25) is 9.69 Å². The quantitative estimate of drug-likeness (QED) is 0.568. The number of amides is 1. The second-order valence-corrected chi connectivity index (χ2v) is 5.17. The molecule has 0 aromatic heterocycles. The van der Waals surface area contributed by atoms with Crippen LogP contribution in [-0.4, -0.2) is 83.3 Å². The molecule has 1 amide bonds. The summed E-state index contributed by atoms with van der Waals surface area (Å²) in [5, 5.41) is 21.9. The van der Waals surface area contributed by atoms with Gasteiger partial charge < -0.3 is 20.4 Å². The number of hydrogen-bond donors (Lipinski definition) is 3. The van der Waals surface area contributed by atoms with E-state index < -0.39 is 18.1 Å². The number of carboxylic acid groups (broad SMARTS) is 1. The Labute approximate surface area is 112 Å². The molecular weight excluding hydrogens is 250 g/mol. The Morgan fingerprint density at radius 3 is 2.79 bits per heavy atom. The summed E-state index contributed by atoms with van der Waals surface area (Å²) in [6.45, 7) is 3.79. The standard InChI is InChI=1S/C12H21N3O4/c16-9-6-10(12(18)19)15(7-9)11(17)8-14-4-1-2-13-3-5-14/h9-10,13,16H,1-8H2,(H,18,19)/t9-,10+/m1/s1. The van der Waals surface area contributed by atoms with Crippen molar-refractivity contribution in [2.24, 2.45) is 0 Å². The summed E-state index contributed by atoms with van der Waals surface area (Å²) in [5.74, 6) is -1.24. The van der Waals surface area contributed by atoms with Gasteiger partial charge in [-0.2, -0.15) is 0 Å². The average Bonchev–Trinajstić information content (AvgIpc) is 2.58. The van der Waals surface area contributed by atoms with Crippen molar-refractivity contribution >= 4 is 11.9 Å². The topological polar surface area (TPSA) is 93.1 Å². The maximum Gasteiger partial charge on any atom is 0.326 e. The lowest BCUT2D eigenvalue weighted by molar-refractivity contribution is -0.148. The Kier molecular flexibility index (Phi) is 4.73. The van der Waals surface area contributed by atoms with Gasteiger partial charge in [-0.05, 0) is 19.5 Å². The number of aliphatic carboxylic acids is 1. The monoisotopic (exact) mass is 271 g/mol. The minimum absolute atomic E-state index is 0.127. The molecule has 108 valence electrons. The van der Waals surface area contributed by atoms with E-state index in [-0.39, 0.29) is 25.4 Å². The van der Waals surface area contributed by atoms with Gasteiger partial charge >= 0.3 is 5.97 Å². The number of hydrogen-bond acceptors (Lipinski definition) is 5. The van der Waals surface area contributed by atoms with Crippen molar-refractivity contribution in [1.29, 1.82) is 0 Å². The van der Waals surface area contributed by atoms with Gasteiger partial charge in [-0.25, -0.2) is 4.79 Å². The molecule has 0 aliphatic carbocycles. The lowest BCUT2D eigenvalue weighted by Crippen LogP contribution is -2.46. The molecule has 0 spiro atoms. The molecule has 2 rings (SSSR count). The van der Waals surface area contributed by atoms with Gasteiger partial charge in [0.15, 0.2) is 0 Å². The van der Waals surface area contributed by atoms with Crippen molar-refractivity contribution in [2.45, 2.75) is 25.0 Å². The van der Waals surface area contributed by atoms with Crippen LogP contribution in [0, 0.1) is 0 Å². The molecule has 2 aliphatic heterocycles. The minimum atomic E-state index is -1.04. The van der Waals surface area contributed by atoms with Gasteiger partial charge in [0.25, 0.3) is 0 Å². The molecule has 0 aromatic rings. The van der Waals surface area contributed by atoms with Crippen LogP contribution < -0.4 is 5.32 Å². The molecule has 2 saturated heterocycles. The Hall–Kier alpha value is -1.18. The van der Waals surface area contributed by atoms with Crippen LogP contribution in [0.15, 0.2) is 0 Å². The lowest BCUT2D eigenvalue weighted by Gasteiger charge is -2.25. The van der Waals surface area contributed by atoms with Crippen molar-refractivity contribution in [3.63, 3.8) is 0 Å². The van der Waals surface area contributed by atoms with Crippen LogP contribution in [0.25, 0.3) is 0 Å². The van der Waals surface area contributed by atoms with Gasteiger partial charge in [-0.1, -0.05) is 0 Å². The van der Waals surface area contributed by atoms with Crippen molar-refractivity contribution in [1.82, 2.24) is 15.1 Å². The summed E-state index contributed by atoms with van der Waals surface area (Å²) in [5.41, 5.74) is 0. The highest BCUT2D eigenvalue weighted by Gasteiger charge is 2.39. The summed E-state index contributed by atoms with van der Waals surface area (Å²) in [4.78, 5) is 26.6. The van der Waals surface area contributed by atoms with E-state index in [4.69, 9.17) is 5.11 Å². The fourth-order valence-electron chi connectivity index (χ4n) is 2.67. The molecule has 0 radical (unpaired) electrons. The van der Waals surface area contributed by atoms with Gasteiger partial charge in [0.1, 0.15) is 6.04 Å². The number of β-amino-alcohol motifs (C(OH)–C–C–N with tert-alkyl or cyclic N) is 1. The van der Waals surface area contributed by atoms with E-state index in [1.807, 2.05) is 4.90 Å². The second-order valence-electron chi connectivity index (χ2n) is 5.17. The first-order valence-electron chi connectivity index (χ1n) is 6.71. The second kappa shape index (κ2) is 6.31. The highest BCUT2D eigenvalue weighted by atomic mass is 16.4. The Bertz CT molecular complexity index is 342. The predicted molar refractivity (Wildman–Crippen MR) is 67.7 cm³/mol. The molecule has 19 heavy (non-hydrogen) atoms. The molecule has 2 aliphatic rings. The van der Waals surface area contributed by atoms with E-state index in [2.05, 4.69) is 5.32 Å². The number of carbonyl (C=O) groups excluding carboxylic acids is 1. The van der Waals surface area contributed by atoms with Crippen molar-refractivity contribution in [2.75, 3.05) is 39.3 Å². The SMILES string of the molecule is O=C(O)[C@@H]1C[C@@H](O)CN1C(=O)CN1CCCNCC1. The van der Waals surface area contributed by atoms with Crippen molar-refractivity contribution in [3.05, 3.63) is 0 Å². The average molecular weight is 271 g/mol. The summed E-state index contributed by atoms with van der Waals surface area (Å²) in [6, 6.07) is -0.882. The van der Waals surface area contributed by atoms with Crippen LogP contribution in [-0.2, 0) is 9.59 Å². The summed E-state index contributed by atoms with van der Waals surface area (Å²) < 4.78 is 0. The van der Waals surface area contributed by atoms with Crippen LogP contribution >= 0.6 is 0 Å². The summed E-state index contributed by atoms with van der Waals surface area (Å²) in [6.07, 6.45) is 0.386. The number of nitrogens with one attached hydrogen (secondary N) is 1. The molecule has 0 aromatic carbocycles. The first-order valence-corrected chi connectivity index (χ1v) is 6.71.